The number of hydrogen-bond donors (Lipinski definition) is 4. The quantitative estimate of drug-likeness (QED) is 0.209. The predicted octanol–water partition coefficient (Wildman–Crippen LogP) is -1.07. The molecule has 0 bridgehead atoms. The van der Waals surface area contributed by atoms with Gasteiger partial charge in [0.1, 0.15) is 0 Å². The summed E-state index contributed by atoms with van der Waals surface area (Å²) >= 11 is 0. The first kappa shape index (κ1) is 15.8. The fourth-order valence-corrected chi connectivity index (χ4v) is 0. The fourth-order valence-electron chi connectivity index (χ4n) is 0. The van der Waals surface area contributed by atoms with Crippen molar-refractivity contribution in [3.8, 4) is 0 Å². The Hall–Kier alpha value is -0.546. The largest absolute Gasteiger partial charge is 0.481 e. The number of carboxylic acid groups (broad SMARTS) is 1. The Kier molecular flexibility index (Phi) is 18.3. The Labute approximate surface area is 67.8 Å². The van der Waals surface area contributed by atoms with Crippen LogP contribution in [0.4, 0.5) is 0 Å². The van der Waals surface area contributed by atoms with Crippen molar-refractivity contribution in [3.05, 3.63) is 0 Å². The first-order chi connectivity index (χ1) is 3.46. The molecule has 0 unspecified atom stereocenters. The number of guanidine groups is 1. The maximum atomic E-state index is 9.00. The Balaban J connectivity index is -0.0000000720. The number of rotatable bonds is 0. The molecule has 0 atom stereocenters. The summed E-state index contributed by atoms with van der Waals surface area (Å²) in [6.07, 6.45) is 0. The molecule has 0 rings (SSSR count). The monoisotopic (exact) mass is 167 g/mol. The van der Waals surface area contributed by atoms with E-state index in [0.717, 1.165) is 6.92 Å². The van der Waals surface area contributed by atoms with Gasteiger partial charge >= 0.3 is 0 Å². The molecule has 0 saturated heterocycles. The van der Waals surface area contributed by atoms with Gasteiger partial charge in [0.2, 0.25) is 0 Å². The van der Waals surface area contributed by atoms with Crippen molar-refractivity contribution in [2.24, 2.45) is 11.5 Å². The molecular formula is C3H9N3O2Ti. The second kappa shape index (κ2) is 10.4. The van der Waals surface area contributed by atoms with E-state index in [4.69, 9.17) is 15.3 Å². The van der Waals surface area contributed by atoms with Gasteiger partial charge in [0.25, 0.3) is 5.97 Å². The Morgan fingerprint density at radius 3 is 1.56 bits per heavy atom. The first-order valence-corrected chi connectivity index (χ1v) is 1.76. The molecule has 0 aromatic rings. The smallest absolute Gasteiger partial charge is 0.300 e. The molecule has 0 amide bonds. The summed E-state index contributed by atoms with van der Waals surface area (Å²) in [4.78, 5) is 9.00. The van der Waals surface area contributed by atoms with Gasteiger partial charge in [0, 0.05) is 28.6 Å². The molecule has 0 aliphatic rings. The van der Waals surface area contributed by atoms with Crippen LogP contribution < -0.4 is 11.5 Å². The Morgan fingerprint density at radius 1 is 1.56 bits per heavy atom. The molecule has 0 heterocycles. The van der Waals surface area contributed by atoms with Crippen LogP contribution in [0.5, 0.6) is 0 Å². The van der Waals surface area contributed by atoms with Gasteiger partial charge in [-0.25, -0.2) is 0 Å². The van der Waals surface area contributed by atoms with Crippen molar-refractivity contribution in [1.82, 2.24) is 0 Å². The van der Waals surface area contributed by atoms with E-state index >= 15 is 0 Å². The second-order valence-electron chi connectivity index (χ2n) is 0.974. The molecule has 9 heavy (non-hydrogen) atoms. The van der Waals surface area contributed by atoms with E-state index in [2.05, 4.69) is 11.5 Å². The molecule has 0 aliphatic heterocycles. The SMILES string of the molecule is CC(=O)O.N=C(N)N.[Ti]. The number of nitrogens with one attached hydrogen (secondary N) is 1. The van der Waals surface area contributed by atoms with Gasteiger partial charge in [-0.1, -0.05) is 0 Å². The molecule has 52 valence electrons. The zero-order valence-corrected chi connectivity index (χ0v) is 6.57. The Morgan fingerprint density at radius 2 is 1.56 bits per heavy atom. The van der Waals surface area contributed by atoms with Crippen LogP contribution in [-0.4, -0.2) is 17.0 Å². The van der Waals surface area contributed by atoms with Gasteiger partial charge in [0.05, 0.1) is 0 Å². The van der Waals surface area contributed by atoms with Crippen LogP contribution in [-0.2, 0) is 26.5 Å². The molecule has 6 N–H and O–H groups in total. The van der Waals surface area contributed by atoms with Crippen molar-refractivity contribution >= 4 is 11.9 Å². The maximum Gasteiger partial charge on any atom is 0.300 e. The van der Waals surface area contributed by atoms with E-state index in [1.54, 1.807) is 0 Å². The molecular weight excluding hydrogens is 158 g/mol. The van der Waals surface area contributed by atoms with Gasteiger partial charge in [0.15, 0.2) is 5.96 Å². The second-order valence-corrected chi connectivity index (χ2v) is 0.974. The summed E-state index contributed by atoms with van der Waals surface area (Å²) in [6.45, 7) is 1.08. The van der Waals surface area contributed by atoms with Gasteiger partial charge in [-0.15, -0.1) is 0 Å². The van der Waals surface area contributed by atoms with E-state index in [0.29, 0.717) is 0 Å². The summed E-state index contributed by atoms with van der Waals surface area (Å²) in [5.41, 5.74) is 8.94. The summed E-state index contributed by atoms with van der Waals surface area (Å²) in [5.74, 6) is -1.17. The topological polar surface area (TPSA) is 113 Å². The molecule has 0 fully saturated rings. The molecule has 6 heteroatoms. The van der Waals surface area contributed by atoms with Crippen LogP contribution in [0.1, 0.15) is 6.92 Å². The van der Waals surface area contributed by atoms with Crippen molar-refractivity contribution < 1.29 is 31.6 Å². The van der Waals surface area contributed by atoms with E-state index in [1.807, 2.05) is 0 Å². The van der Waals surface area contributed by atoms with E-state index < -0.39 is 5.97 Å². The van der Waals surface area contributed by atoms with Crippen molar-refractivity contribution in [1.29, 1.82) is 5.41 Å². The average Bonchev–Trinajstić information content (AvgIpc) is 1.25. The minimum Gasteiger partial charge on any atom is -0.481 e. The number of hydrogen-bond acceptors (Lipinski definition) is 2. The van der Waals surface area contributed by atoms with Crippen LogP contribution in [0, 0.1) is 5.41 Å². The van der Waals surface area contributed by atoms with Crippen LogP contribution in [0.3, 0.4) is 0 Å². The number of aliphatic carboxylic acids is 1. The van der Waals surface area contributed by atoms with Crippen LogP contribution in [0.25, 0.3) is 0 Å². The summed E-state index contributed by atoms with van der Waals surface area (Å²) < 4.78 is 0. The predicted molar refractivity (Wildman–Crippen MR) is 29.4 cm³/mol. The van der Waals surface area contributed by atoms with Crippen molar-refractivity contribution in [3.63, 3.8) is 0 Å². The molecule has 5 nitrogen and oxygen atoms in total. The first-order valence-electron chi connectivity index (χ1n) is 1.76. The molecule has 0 spiro atoms. The maximum absolute atomic E-state index is 9.00. The minimum atomic E-state index is -0.833. The third-order valence-corrected chi connectivity index (χ3v) is 0. The van der Waals surface area contributed by atoms with E-state index in [9.17, 15) is 0 Å². The molecule has 0 radical (unpaired) electrons. The number of carboxylic acids is 1. The zero-order valence-electron chi connectivity index (χ0n) is 5.01. The summed E-state index contributed by atoms with van der Waals surface area (Å²) in [6, 6.07) is 0. The van der Waals surface area contributed by atoms with Gasteiger partial charge in [-0.3, -0.25) is 10.2 Å². The molecule has 0 aromatic heterocycles. The zero-order chi connectivity index (χ0) is 7.15. The van der Waals surface area contributed by atoms with Crippen molar-refractivity contribution in [2.45, 2.75) is 6.92 Å². The van der Waals surface area contributed by atoms with Gasteiger partial charge in [-0.05, 0) is 0 Å². The van der Waals surface area contributed by atoms with Crippen LogP contribution >= 0.6 is 0 Å². The number of carbonyl (C=O) groups is 1. The van der Waals surface area contributed by atoms with Crippen LogP contribution in [0.15, 0.2) is 0 Å². The third-order valence-electron chi connectivity index (χ3n) is 0. The van der Waals surface area contributed by atoms with Crippen molar-refractivity contribution in [2.75, 3.05) is 0 Å². The van der Waals surface area contributed by atoms with Crippen LogP contribution in [0.2, 0.25) is 0 Å². The van der Waals surface area contributed by atoms with Gasteiger partial charge in [-0.2, -0.15) is 0 Å². The van der Waals surface area contributed by atoms with E-state index in [1.165, 1.54) is 0 Å². The summed E-state index contributed by atoms with van der Waals surface area (Å²) in [7, 11) is 0. The number of nitrogens with two attached hydrogens (primary N) is 2. The fraction of sp³-hybridized carbons (Fsp3) is 0.333. The standard InChI is InChI=1S/C2H4O2.CH5N3.Ti/c1-2(3)4;2-1(3)4;/h1H3,(H,3,4);(H5,2,3,4);. The Bertz CT molecular complexity index is 75.1. The van der Waals surface area contributed by atoms with Gasteiger partial charge < -0.3 is 16.6 Å². The van der Waals surface area contributed by atoms with E-state index in [-0.39, 0.29) is 27.7 Å². The third kappa shape index (κ3) is 745. The molecule has 0 saturated carbocycles. The normalized spacial score (nSPS) is 5.44. The minimum absolute atomic E-state index is 0. The average molecular weight is 167 g/mol. The molecule has 0 aliphatic carbocycles. The molecule has 0 aromatic carbocycles. The summed E-state index contributed by atoms with van der Waals surface area (Å²) in [5, 5.41) is 13.5.